The van der Waals surface area contributed by atoms with Gasteiger partial charge in [0.05, 0.1) is 32.8 Å². The molecule has 13 heteroatoms. The molecule has 1 heterocycles. The number of nitrogens with zero attached hydrogens (tertiary/aromatic N) is 1. The van der Waals surface area contributed by atoms with Gasteiger partial charge in [0.2, 0.25) is 5.91 Å². The van der Waals surface area contributed by atoms with Crippen LogP contribution in [-0.2, 0) is 14.8 Å². The Morgan fingerprint density at radius 3 is 2.30 bits per heavy atom. The van der Waals surface area contributed by atoms with Crippen molar-refractivity contribution in [2.45, 2.75) is 25.2 Å². The number of aromatic nitrogens is 1. The van der Waals surface area contributed by atoms with Gasteiger partial charge in [-0.25, -0.2) is 13.9 Å². The van der Waals surface area contributed by atoms with Gasteiger partial charge in [-0.3, -0.25) is 24.5 Å². The van der Waals surface area contributed by atoms with E-state index in [0.29, 0.717) is 34.1 Å². The van der Waals surface area contributed by atoms with E-state index in [2.05, 4.69) is 15.0 Å². The predicted molar refractivity (Wildman–Crippen MR) is 165 cm³/mol. The zero-order valence-corrected chi connectivity index (χ0v) is 25.4. The first-order chi connectivity index (χ1) is 20.4. The molecule has 3 aromatic carbocycles. The summed E-state index contributed by atoms with van der Waals surface area (Å²) in [5, 5.41) is 12.0. The van der Waals surface area contributed by atoms with Crippen molar-refractivity contribution >= 4 is 56.4 Å². The average molecular weight is 644 g/mol. The monoisotopic (exact) mass is 642 g/mol. The average Bonchev–Trinajstić information content (AvgIpc) is 2.98. The number of hydrogen-bond donors (Lipinski definition) is 4. The fourth-order valence-corrected chi connectivity index (χ4v) is 5.52. The lowest BCUT2D eigenvalue weighted by molar-refractivity contribution is -0.138. The molecule has 43 heavy (non-hydrogen) atoms. The molecule has 4 aromatic rings. The number of nitrogens with one attached hydrogen (secondary N) is 3. The fraction of sp³-hybridized carbons (Fsp3) is 0.167. The van der Waals surface area contributed by atoms with Crippen LogP contribution in [0.5, 0.6) is 5.75 Å². The number of benzene rings is 3. The van der Waals surface area contributed by atoms with Crippen molar-refractivity contribution in [3.63, 3.8) is 0 Å². The van der Waals surface area contributed by atoms with Gasteiger partial charge >= 0.3 is 0 Å². The minimum Gasteiger partial charge on any atom is -0.494 e. The molecular weight excluding hydrogens is 615 g/mol. The Bertz CT molecular complexity index is 1730. The molecule has 0 saturated carbocycles. The van der Waals surface area contributed by atoms with Crippen molar-refractivity contribution in [3.05, 3.63) is 101 Å². The maximum Gasteiger partial charge on any atom is 0.261 e. The normalized spacial score (nSPS) is 11.5. The molecule has 4 N–H and O–H groups in total. The summed E-state index contributed by atoms with van der Waals surface area (Å²) in [6.45, 7) is 3.54. The van der Waals surface area contributed by atoms with Gasteiger partial charge < -0.3 is 10.1 Å². The molecule has 0 saturated heterocycles. The Morgan fingerprint density at radius 1 is 0.930 bits per heavy atom. The Kier molecular flexibility index (Phi) is 9.92. The van der Waals surface area contributed by atoms with E-state index in [1.54, 1.807) is 68.0 Å². The highest BCUT2D eigenvalue weighted by molar-refractivity contribution is 7.92. The molecule has 0 aliphatic heterocycles. The van der Waals surface area contributed by atoms with Gasteiger partial charge in [0, 0.05) is 28.6 Å². The van der Waals surface area contributed by atoms with Crippen LogP contribution in [0.25, 0.3) is 11.3 Å². The first-order valence-electron chi connectivity index (χ1n) is 12.9. The second-order valence-corrected chi connectivity index (χ2v) is 12.6. The summed E-state index contributed by atoms with van der Waals surface area (Å²) in [5.74, 6) is -0.590. The summed E-state index contributed by atoms with van der Waals surface area (Å²) in [7, 11) is -4.04. The Hall–Kier alpha value is -4.16. The van der Waals surface area contributed by atoms with Crippen molar-refractivity contribution < 1.29 is 28.0 Å². The van der Waals surface area contributed by atoms with E-state index in [4.69, 9.17) is 33.1 Å². The lowest BCUT2D eigenvalue weighted by Gasteiger charge is -2.21. The number of pyridine rings is 1. The molecule has 0 aliphatic rings. The summed E-state index contributed by atoms with van der Waals surface area (Å²) in [6.07, 6.45) is 1.98. The van der Waals surface area contributed by atoms with Crippen LogP contribution in [0.15, 0.2) is 90.0 Å². The van der Waals surface area contributed by atoms with E-state index in [9.17, 15) is 18.0 Å². The van der Waals surface area contributed by atoms with Gasteiger partial charge in [-0.05, 0) is 79.2 Å². The van der Waals surface area contributed by atoms with Crippen LogP contribution in [0.3, 0.4) is 0 Å². The summed E-state index contributed by atoms with van der Waals surface area (Å²) in [4.78, 5) is 28.8. The molecule has 1 aromatic heterocycles. The highest BCUT2D eigenvalue weighted by Gasteiger charge is 2.27. The lowest BCUT2D eigenvalue weighted by atomic mass is 9.89. The third-order valence-corrected chi connectivity index (χ3v) is 8.50. The van der Waals surface area contributed by atoms with Crippen LogP contribution in [0.1, 0.15) is 30.6 Å². The molecule has 224 valence electrons. The van der Waals surface area contributed by atoms with E-state index in [1.165, 1.54) is 30.3 Å². The Balaban J connectivity index is 1.40. The minimum atomic E-state index is -4.04. The number of halogens is 2. The SMILES string of the molecule is CC(C)(CCOc1ccc(NS(=O)(=O)c2ccc(C(=O)Nc3ccc(Cl)c(-c4ccccn4)c3)c(Cl)c2)cc1)C(=O)NO. The van der Waals surface area contributed by atoms with Gasteiger partial charge in [-0.1, -0.05) is 43.1 Å². The van der Waals surface area contributed by atoms with Crippen LogP contribution in [0.4, 0.5) is 11.4 Å². The smallest absolute Gasteiger partial charge is 0.261 e. The largest absolute Gasteiger partial charge is 0.494 e. The zero-order valence-electron chi connectivity index (χ0n) is 23.1. The summed E-state index contributed by atoms with van der Waals surface area (Å²) < 4.78 is 34.1. The maximum absolute atomic E-state index is 13.0. The number of ether oxygens (including phenoxy) is 1. The van der Waals surface area contributed by atoms with Crippen LogP contribution in [-0.4, -0.2) is 37.0 Å². The third kappa shape index (κ3) is 8.02. The molecule has 0 unspecified atom stereocenters. The van der Waals surface area contributed by atoms with Crippen molar-refractivity contribution in [2.24, 2.45) is 5.41 Å². The number of hydroxylamine groups is 1. The van der Waals surface area contributed by atoms with Crippen molar-refractivity contribution in [3.8, 4) is 17.0 Å². The first-order valence-corrected chi connectivity index (χ1v) is 15.2. The number of sulfonamides is 1. The van der Waals surface area contributed by atoms with Crippen molar-refractivity contribution in [1.29, 1.82) is 0 Å². The molecule has 10 nitrogen and oxygen atoms in total. The highest BCUT2D eigenvalue weighted by atomic mass is 35.5. The highest BCUT2D eigenvalue weighted by Crippen LogP contribution is 2.30. The molecule has 4 rings (SSSR count). The molecule has 2 amide bonds. The third-order valence-electron chi connectivity index (χ3n) is 6.48. The standard InChI is InChI=1S/C30H28Cl2N4O6S/c1-30(2,29(38)35-39)14-16-42-21-9-6-19(7-10-21)36-43(40,41)22-11-12-23(26(32)18-22)28(37)34-20-8-13-25(31)24(17-20)27-5-3-4-15-33-27/h3-13,15,17-18,36,39H,14,16H2,1-2H3,(H,34,37)(H,35,38). The summed E-state index contributed by atoms with van der Waals surface area (Å²) in [6, 6.07) is 20.4. The maximum atomic E-state index is 13.0. The van der Waals surface area contributed by atoms with Crippen LogP contribution in [0, 0.1) is 5.41 Å². The van der Waals surface area contributed by atoms with E-state index < -0.39 is 27.3 Å². The predicted octanol–water partition coefficient (Wildman–Crippen LogP) is 6.41. The van der Waals surface area contributed by atoms with Crippen LogP contribution in [0.2, 0.25) is 10.0 Å². The van der Waals surface area contributed by atoms with Crippen LogP contribution >= 0.6 is 23.2 Å². The zero-order chi connectivity index (χ0) is 31.2. The second kappa shape index (κ2) is 13.4. The Labute approximate surface area is 259 Å². The number of hydrogen-bond acceptors (Lipinski definition) is 7. The van der Waals surface area contributed by atoms with Crippen molar-refractivity contribution in [2.75, 3.05) is 16.6 Å². The van der Waals surface area contributed by atoms with E-state index in [1.807, 2.05) is 6.07 Å². The summed E-state index contributed by atoms with van der Waals surface area (Å²) >= 11 is 12.7. The number of carbonyl (C=O) groups excluding carboxylic acids is 2. The molecule has 0 fully saturated rings. The number of anilines is 2. The quantitative estimate of drug-likeness (QED) is 0.109. The van der Waals surface area contributed by atoms with Crippen molar-refractivity contribution in [1.82, 2.24) is 10.5 Å². The van der Waals surface area contributed by atoms with Gasteiger partial charge in [0.15, 0.2) is 0 Å². The second-order valence-electron chi connectivity index (χ2n) is 10.1. The topological polar surface area (TPSA) is 147 Å². The molecule has 0 bridgehead atoms. The minimum absolute atomic E-state index is 0.0548. The lowest BCUT2D eigenvalue weighted by Crippen LogP contribution is -2.36. The van der Waals surface area contributed by atoms with Gasteiger partial charge in [0.25, 0.3) is 15.9 Å². The molecule has 0 aliphatic carbocycles. The van der Waals surface area contributed by atoms with Gasteiger partial charge in [0.1, 0.15) is 5.75 Å². The fourth-order valence-electron chi connectivity index (χ4n) is 3.89. The Morgan fingerprint density at radius 2 is 1.65 bits per heavy atom. The number of amides is 2. The van der Waals surface area contributed by atoms with Gasteiger partial charge in [-0.2, -0.15) is 0 Å². The molecule has 0 atom stereocenters. The molecule has 0 radical (unpaired) electrons. The molecule has 0 spiro atoms. The van der Waals surface area contributed by atoms with Gasteiger partial charge in [-0.15, -0.1) is 0 Å². The molecular formula is C30H28Cl2N4O6S. The van der Waals surface area contributed by atoms with E-state index >= 15 is 0 Å². The number of carbonyl (C=O) groups is 2. The first kappa shape index (κ1) is 31.8. The van der Waals surface area contributed by atoms with Crippen LogP contribution < -0.4 is 20.3 Å². The number of rotatable bonds is 11. The van der Waals surface area contributed by atoms with E-state index in [0.717, 1.165) is 0 Å². The van der Waals surface area contributed by atoms with E-state index in [-0.39, 0.29) is 27.8 Å². The summed E-state index contributed by atoms with van der Waals surface area (Å²) in [5.41, 5.74) is 2.88.